The normalized spacial score (nSPS) is 13.2. The van der Waals surface area contributed by atoms with Crippen LogP contribution in [0.15, 0.2) is 24.8 Å². The molecule has 1 aromatic carbocycles. The van der Waals surface area contributed by atoms with Crippen molar-refractivity contribution in [2.75, 3.05) is 0 Å². The van der Waals surface area contributed by atoms with E-state index >= 15 is 0 Å². The Balaban J connectivity index is 2.02. The van der Waals surface area contributed by atoms with Gasteiger partial charge in [0.15, 0.2) is 0 Å². The number of fused-ring (bicyclic) bond motifs is 1. The summed E-state index contributed by atoms with van der Waals surface area (Å²) in [5, 5.41) is 1.07. The zero-order valence-corrected chi connectivity index (χ0v) is 11.0. The van der Waals surface area contributed by atoms with Gasteiger partial charge in [0.2, 0.25) is 0 Å². The third-order valence-corrected chi connectivity index (χ3v) is 3.61. The molecule has 2 heteroatoms. The summed E-state index contributed by atoms with van der Waals surface area (Å²) in [6.07, 6.45) is 4.25. The highest BCUT2D eigenvalue weighted by atomic mass is 28.2. The Kier molecular flexibility index (Phi) is 2.87. The van der Waals surface area contributed by atoms with Crippen molar-refractivity contribution in [3.05, 3.63) is 41.5 Å². The molecule has 0 saturated heterocycles. The van der Waals surface area contributed by atoms with Gasteiger partial charge in [0.25, 0.3) is 9.76 Å². The van der Waals surface area contributed by atoms with Crippen molar-refractivity contribution in [1.82, 2.24) is 0 Å². The fourth-order valence-corrected chi connectivity index (χ4v) is 2.12. The first kappa shape index (κ1) is 11.4. The lowest BCUT2D eigenvalue weighted by Crippen LogP contribution is -2.22. The Morgan fingerprint density at radius 3 is 2.38 bits per heavy atom. The van der Waals surface area contributed by atoms with E-state index in [1.54, 1.807) is 0 Å². The van der Waals surface area contributed by atoms with E-state index in [-0.39, 0.29) is 5.60 Å². The van der Waals surface area contributed by atoms with E-state index in [1.165, 1.54) is 16.7 Å². The predicted octanol–water partition coefficient (Wildman–Crippen LogP) is 3.58. The fourth-order valence-electron chi connectivity index (χ4n) is 1.42. The summed E-state index contributed by atoms with van der Waals surface area (Å²) in [6, 6.07) is 6.43. The molecule has 16 heavy (non-hydrogen) atoms. The lowest BCUT2D eigenvalue weighted by Gasteiger charge is -2.20. The van der Waals surface area contributed by atoms with Gasteiger partial charge in [-0.2, -0.15) is 0 Å². The van der Waals surface area contributed by atoms with Crippen LogP contribution in [0.3, 0.4) is 0 Å². The Morgan fingerprint density at radius 2 is 1.88 bits per heavy atom. The molecule has 82 valence electrons. The maximum Gasteiger partial charge on any atom is 0.269 e. The highest BCUT2D eigenvalue weighted by molar-refractivity contribution is 6.54. The molecule has 0 unspecified atom stereocenters. The lowest BCUT2D eigenvalue weighted by atomic mass is 9.96. The maximum atomic E-state index is 5.74. The monoisotopic (exact) mass is 228 g/mol. The molecule has 0 aliphatic heterocycles. The molecule has 0 aromatic heterocycles. The minimum absolute atomic E-state index is 0.0961. The van der Waals surface area contributed by atoms with Gasteiger partial charge >= 0.3 is 0 Å². The molecule has 1 nitrogen and oxygen atoms in total. The van der Waals surface area contributed by atoms with Crippen LogP contribution in [-0.2, 0) is 4.43 Å². The maximum absolute atomic E-state index is 5.74. The van der Waals surface area contributed by atoms with Crippen LogP contribution in [0.5, 0.6) is 0 Å². The van der Waals surface area contributed by atoms with Gasteiger partial charge in [0.05, 0.1) is 0 Å². The average molecular weight is 228 g/mol. The zero-order valence-electron chi connectivity index (χ0n) is 10.0. The Bertz CT molecular complexity index is 452. The van der Waals surface area contributed by atoms with Crippen LogP contribution >= 0.6 is 0 Å². The molecular formula is C14H16OSi. The van der Waals surface area contributed by atoms with E-state index in [0.717, 1.165) is 5.20 Å². The first-order valence-corrected chi connectivity index (χ1v) is 6.32. The van der Waals surface area contributed by atoms with Gasteiger partial charge < -0.3 is 4.43 Å². The molecular weight excluding hydrogens is 212 g/mol. The van der Waals surface area contributed by atoms with Crippen molar-refractivity contribution in [3.8, 4) is 0 Å². The first-order chi connectivity index (χ1) is 7.46. The fraction of sp³-hybridized carbons (Fsp3) is 0.286. The molecule has 0 bridgehead atoms. The van der Waals surface area contributed by atoms with Crippen molar-refractivity contribution in [3.63, 3.8) is 0 Å². The van der Waals surface area contributed by atoms with Crippen molar-refractivity contribution in [2.45, 2.75) is 26.4 Å². The van der Waals surface area contributed by atoms with E-state index in [1.807, 2.05) is 0 Å². The van der Waals surface area contributed by atoms with Crippen LogP contribution in [0.1, 0.15) is 37.5 Å². The molecule has 1 aromatic rings. The predicted molar refractivity (Wildman–Crippen MR) is 71.0 cm³/mol. The lowest BCUT2D eigenvalue weighted by molar-refractivity contribution is 0.142. The molecule has 2 rings (SSSR count). The Hall–Kier alpha value is -1.12. The van der Waals surface area contributed by atoms with Crippen LogP contribution in [-0.4, -0.2) is 15.4 Å². The molecule has 2 radical (unpaired) electrons. The minimum atomic E-state index is -0.0961. The van der Waals surface area contributed by atoms with Gasteiger partial charge in [0.1, 0.15) is 0 Å². The van der Waals surface area contributed by atoms with Gasteiger partial charge in [0, 0.05) is 5.60 Å². The van der Waals surface area contributed by atoms with Gasteiger partial charge in [-0.3, -0.25) is 0 Å². The van der Waals surface area contributed by atoms with E-state index in [0.29, 0.717) is 9.76 Å². The second kappa shape index (κ2) is 4.04. The van der Waals surface area contributed by atoms with Crippen LogP contribution in [0.2, 0.25) is 0 Å². The van der Waals surface area contributed by atoms with Crippen LogP contribution < -0.4 is 0 Å². The van der Waals surface area contributed by atoms with Crippen LogP contribution in [0, 0.1) is 0 Å². The number of hydrogen-bond acceptors (Lipinski definition) is 1. The van der Waals surface area contributed by atoms with Crippen LogP contribution in [0.25, 0.3) is 17.3 Å². The minimum Gasteiger partial charge on any atom is -0.407 e. The molecule has 0 fully saturated rings. The summed E-state index contributed by atoms with van der Waals surface area (Å²) in [7, 11) is 0.334. The van der Waals surface area contributed by atoms with Gasteiger partial charge in [-0.15, -0.1) is 0 Å². The average Bonchev–Trinajstić information content (AvgIpc) is 2.15. The Labute approximate surface area is 99.8 Å². The zero-order chi connectivity index (χ0) is 11.8. The van der Waals surface area contributed by atoms with Crippen molar-refractivity contribution in [2.24, 2.45) is 0 Å². The largest absolute Gasteiger partial charge is 0.407 e. The summed E-state index contributed by atoms with van der Waals surface area (Å²) in [5.41, 5.74) is 3.71. The molecule has 0 atom stereocenters. The van der Waals surface area contributed by atoms with Crippen molar-refractivity contribution >= 4 is 27.1 Å². The third-order valence-electron chi connectivity index (χ3n) is 2.36. The van der Waals surface area contributed by atoms with E-state index in [9.17, 15) is 0 Å². The molecule has 1 aliphatic carbocycles. The molecule has 0 heterocycles. The first-order valence-electron chi connectivity index (χ1n) is 5.41. The summed E-state index contributed by atoms with van der Waals surface area (Å²) in [6.45, 7) is 10.3. The second-order valence-electron chi connectivity index (χ2n) is 4.97. The van der Waals surface area contributed by atoms with Gasteiger partial charge in [-0.1, -0.05) is 30.9 Å². The van der Waals surface area contributed by atoms with Gasteiger partial charge in [-0.05, 0) is 48.7 Å². The molecule has 0 N–H and O–H groups in total. The summed E-state index contributed by atoms with van der Waals surface area (Å²) in [4.78, 5) is 0. The number of benzene rings is 1. The number of hydrogen-bond donors (Lipinski definition) is 0. The van der Waals surface area contributed by atoms with Crippen molar-refractivity contribution in [1.29, 1.82) is 0 Å². The van der Waals surface area contributed by atoms with Crippen molar-refractivity contribution < 1.29 is 4.43 Å². The molecule has 0 spiro atoms. The quantitative estimate of drug-likeness (QED) is 0.730. The summed E-state index contributed by atoms with van der Waals surface area (Å²) >= 11 is 0. The smallest absolute Gasteiger partial charge is 0.269 e. The summed E-state index contributed by atoms with van der Waals surface area (Å²) < 4.78 is 5.74. The van der Waals surface area contributed by atoms with E-state index < -0.39 is 0 Å². The van der Waals surface area contributed by atoms with E-state index in [4.69, 9.17) is 4.43 Å². The Morgan fingerprint density at radius 1 is 1.19 bits per heavy atom. The number of rotatable bonds is 3. The highest BCUT2D eigenvalue weighted by Crippen LogP contribution is 2.26. The standard InChI is InChI=1S/C14H16OSi/c1-10(16-15-14(2,3)4)12-7-5-11-6-8-13(11)9-12/h5-9H,1H2,2-4H3. The second-order valence-corrected chi connectivity index (χ2v) is 5.98. The SMILES string of the molecule is C=C([Si]OC(C)(C)C)c1ccc2c(c1)C=C2. The third kappa shape index (κ3) is 2.51. The topological polar surface area (TPSA) is 9.23 Å². The highest BCUT2D eigenvalue weighted by Gasteiger charge is 2.13. The molecule has 1 aliphatic rings. The molecule has 0 amide bonds. The van der Waals surface area contributed by atoms with E-state index in [2.05, 4.69) is 57.7 Å². The summed E-state index contributed by atoms with van der Waals surface area (Å²) in [5.74, 6) is 0. The van der Waals surface area contributed by atoms with Crippen LogP contribution in [0.4, 0.5) is 0 Å². The molecule has 0 saturated carbocycles. The van der Waals surface area contributed by atoms with Gasteiger partial charge in [-0.25, -0.2) is 0 Å².